The third kappa shape index (κ3) is 5.50. The Morgan fingerprint density at radius 1 is 1.26 bits per heavy atom. The molecule has 0 aromatic heterocycles. The van der Waals surface area contributed by atoms with E-state index in [4.69, 9.17) is 10.5 Å². The van der Waals surface area contributed by atoms with Crippen LogP contribution in [0.3, 0.4) is 0 Å². The molecule has 1 aliphatic carbocycles. The molecule has 23 heavy (non-hydrogen) atoms. The van der Waals surface area contributed by atoms with Gasteiger partial charge >= 0.3 is 0 Å². The second kappa shape index (κ2) is 8.70. The molecule has 0 aliphatic heterocycles. The molecule has 1 aromatic carbocycles. The van der Waals surface area contributed by atoms with Crippen LogP contribution >= 0.6 is 0 Å². The Labute approximate surface area is 141 Å². The lowest BCUT2D eigenvalue weighted by Crippen LogP contribution is -2.41. The molecule has 0 heterocycles. The number of nitrogens with two attached hydrogens (primary N) is 1. The summed E-state index contributed by atoms with van der Waals surface area (Å²) in [5.41, 5.74) is 8.43. The van der Waals surface area contributed by atoms with Crippen LogP contribution in [-0.4, -0.2) is 23.9 Å². The number of rotatable bonds is 10. The number of aliphatic hydroxyl groups excluding tert-OH is 1. The Morgan fingerprint density at radius 2 is 2.04 bits per heavy atom. The van der Waals surface area contributed by atoms with Gasteiger partial charge in [-0.3, -0.25) is 0 Å². The summed E-state index contributed by atoms with van der Waals surface area (Å²) in [4.78, 5) is 0. The highest BCUT2D eigenvalue weighted by Gasteiger charge is 2.29. The molecule has 130 valence electrons. The van der Waals surface area contributed by atoms with E-state index in [1.165, 1.54) is 36.8 Å². The van der Waals surface area contributed by atoms with E-state index in [0.29, 0.717) is 5.92 Å². The molecule has 0 amide bonds. The van der Waals surface area contributed by atoms with Crippen molar-refractivity contribution in [2.24, 2.45) is 5.73 Å². The zero-order valence-corrected chi connectivity index (χ0v) is 14.8. The SMILES string of the molecule is CCCCCCCOc1ccc2c(c1)CC[C@H]2C[C@](C)(N)CO. The van der Waals surface area contributed by atoms with E-state index in [1.54, 1.807) is 0 Å². The molecule has 3 heteroatoms. The standard InChI is InChI=1S/C20H33NO2/c1-3-4-5-6-7-12-23-18-10-11-19-16(13-18)8-9-17(19)14-20(2,21)15-22/h10-11,13,17,22H,3-9,12,14-15,21H2,1-2H3/t17-,20-/m0/s1. The van der Waals surface area contributed by atoms with Crippen molar-refractivity contribution in [2.75, 3.05) is 13.2 Å². The van der Waals surface area contributed by atoms with Crippen molar-refractivity contribution in [3.63, 3.8) is 0 Å². The van der Waals surface area contributed by atoms with Crippen LogP contribution in [0.25, 0.3) is 0 Å². The Kier molecular flexibility index (Phi) is 6.91. The number of hydrogen-bond acceptors (Lipinski definition) is 3. The third-order valence-corrected chi connectivity index (χ3v) is 4.91. The van der Waals surface area contributed by atoms with Crippen molar-refractivity contribution in [1.82, 2.24) is 0 Å². The largest absolute Gasteiger partial charge is 0.494 e. The summed E-state index contributed by atoms with van der Waals surface area (Å²) in [6.45, 7) is 5.03. The zero-order valence-electron chi connectivity index (χ0n) is 14.8. The molecule has 0 bridgehead atoms. The minimum absolute atomic E-state index is 0.0397. The van der Waals surface area contributed by atoms with Gasteiger partial charge in [-0.05, 0) is 61.8 Å². The molecule has 0 spiro atoms. The number of aliphatic hydroxyl groups is 1. The van der Waals surface area contributed by atoms with E-state index in [9.17, 15) is 5.11 Å². The molecule has 0 saturated carbocycles. The molecule has 3 N–H and O–H groups in total. The molecule has 1 aliphatic rings. The number of hydrogen-bond donors (Lipinski definition) is 2. The topological polar surface area (TPSA) is 55.5 Å². The number of ether oxygens (including phenoxy) is 1. The summed E-state index contributed by atoms with van der Waals surface area (Å²) in [5.74, 6) is 1.47. The molecule has 2 rings (SSSR count). The smallest absolute Gasteiger partial charge is 0.119 e. The summed E-state index contributed by atoms with van der Waals surface area (Å²) < 4.78 is 5.90. The molecule has 0 radical (unpaired) electrons. The Bertz CT molecular complexity index is 485. The van der Waals surface area contributed by atoms with Gasteiger partial charge in [0.1, 0.15) is 5.75 Å². The second-order valence-electron chi connectivity index (χ2n) is 7.38. The summed E-state index contributed by atoms with van der Waals surface area (Å²) in [6.07, 6.45) is 9.39. The summed E-state index contributed by atoms with van der Waals surface area (Å²) >= 11 is 0. The van der Waals surface area contributed by atoms with E-state index in [0.717, 1.165) is 38.0 Å². The zero-order chi connectivity index (χ0) is 16.7. The molecule has 0 saturated heterocycles. The fourth-order valence-corrected chi connectivity index (χ4v) is 3.51. The average Bonchev–Trinajstić information content (AvgIpc) is 2.92. The van der Waals surface area contributed by atoms with Crippen molar-refractivity contribution in [3.8, 4) is 5.75 Å². The quantitative estimate of drug-likeness (QED) is 0.637. The van der Waals surface area contributed by atoms with Gasteiger partial charge in [-0.2, -0.15) is 0 Å². The highest BCUT2D eigenvalue weighted by atomic mass is 16.5. The highest BCUT2D eigenvalue weighted by molar-refractivity contribution is 5.41. The van der Waals surface area contributed by atoms with E-state index < -0.39 is 5.54 Å². The van der Waals surface area contributed by atoms with Gasteiger partial charge < -0.3 is 15.6 Å². The van der Waals surface area contributed by atoms with Gasteiger partial charge in [0.2, 0.25) is 0 Å². The first kappa shape index (κ1) is 18.3. The molecule has 0 unspecified atom stereocenters. The minimum Gasteiger partial charge on any atom is -0.494 e. The fraction of sp³-hybridized carbons (Fsp3) is 0.700. The molecule has 2 atom stereocenters. The van der Waals surface area contributed by atoms with Crippen LogP contribution in [0.2, 0.25) is 0 Å². The average molecular weight is 319 g/mol. The first-order valence-corrected chi connectivity index (χ1v) is 9.21. The lowest BCUT2D eigenvalue weighted by atomic mass is 9.87. The predicted octanol–water partition coefficient (Wildman–Crippen LogP) is 4.17. The summed E-state index contributed by atoms with van der Waals surface area (Å²) in [6, 6.07) is 6.50. The highest BCUT2D eigenvalue weighted by Crippen LogP contribution is 2.39. The summed E-state index contributed by atoms with van der Waals surface area (Å²) in [7, 11) is 0. The maximum Gasteiger partial charge on any atom is 0.119 e. The van der Waals surface area contributed by atoms with Crippen molar-refractivity contribution in [3.05, 3.63) is 29.3 Å². The normalized spacial score (nSPS) is 19.4. The molecule has 1 aromatic rings. The van der Waals surface area contributed by atoms with Gasteiger partial charge in [0, 0.05) is 5.54 Å². The van der Waals surface area contributed by atoms with Crippen LogP contribution in [0.1, 0.15) is 75.8 Å². The van der Waals surface area contributed by atoms with Crippen molar-refractivity contribution in [1.29, 1.82) is 0 Å². The first-order chi connectivity index (χ1) is 11.1. The molecular weight excluding hydrogens is 286 g/mol. The number of aryl methyl sites for hydroxylation is 1. The Hall–Kier alpha value is -1.06. The molecule has 3 nitrogen and oxygen atoms in total. The van der Waals surface area contributed by atoms with E-state index in [1.807, 2.05) is 6.92 Å². The van der Waals surface area contributed by atoms with E-state index in [-0.39, 0.29) is 6.61 Å². The van der Waals surface area contributed by atoms with E-state index >= 15 is 0 Å². The van der Waals surface area contributed by atoms with Crippen LogP contribution in [-0.2, 0) is 6.42 Å². The number of fused-ring (bicyclic) bond motifs is 1. The van der Waals surface area contributed by atoms with Crippen LogP contribution in [0.15, 0.2) is 18.2 Å². The van der Waals surface area contributed by atoms with Gasteiger partial charge in [-0.1, -0.05) is 38.7 Å². The molecule has 0 fully saturated rings. The second-order valence-corrected chi connectivity index (χ2v) is 7.38. The number of unbranched alkanes of at least 4 members (excludes halogenated alkanes) is 4. The fourth-order valence-electron chi connectivity index (χ4n) is 3.51. The maximum absolute atomic E-state index is 9.38. The van der Waals surface area contributed by atoms with Crippen molar-refractivity contribution < 1.29 is 9.84 Å². The van der Waals surface area contributed by atoms with Gasteiger partial charge in [0.15, 0.2) is 0 Å². The first-order valence-electron chi connectivity index (χ1n) is 9.21. The van der Waals surface area contributed by atoms with Crippen LogP contribution in [0, 0.1) is 0 Å². The van der Waals surface area contributed by atoms with Gasteiger partial charge in [-0.25, -0.2) is 0 Å². The lowest BCUT2D eigenvalue weighted by Gasteiger charge is -2.26. The Morgan fingerprint density at radius 3 is 2.78 bits per heavy atom. The van der Waals surface area contributed by atoms with Gasteiger partial charge in [0.25, 0.3) is 0 Å². The minimum atomic E-state index is -0.486. The van der Waals surface area contributed by atoms with E-state index in [2.05, 4.69) is 25.1 Å². The maximum atomic E-state index is 9.38. The molecular formula is C20H33NO2. The monoisotopic (exact) mass is 319 g/mol. The third-order valence-electron chi connectivity index (χ3n) is 4.91. The van der Waals surface area contributed by atoms with Gasteiger partial charge in [0.05, 0.1) is 13.2 Å². The Balaban J connectivity index is 1.84. The van der Waals surface area contributed by atoms with Crippen LogP contribution in [0.5, 0.6) is 5.75 Å². The summed E-state index contributed by atoms with van der Waals surface area (Å²) in [5, 5.41) is 9.38. The van der Waals surface area contributed by atoms with Crippen molar-refractivity contribution in [2.45, 2.75) is 76.7 Å². The number of benzene rings is 1. The van der Waals surface area contributed by atoms with Crippen molar-refractivity contribution >= 4 is 0 Å². The van der Waals surface area contributed by atoms with Crippen LogP contribution in [0.4, 0.5) is 0 Å². The van der Waals surface area contributed by atoms with Gasteiger partial charge in [-0.15, -0.1) is 0 Å². The predicted molar refractivity (Wildman–Crippen MR) is 96.1 cm³/mol. The van der Waals surface area contributed by atoms with Crippen LogP contribution < -0.4 is 10.5 Å². The lowest BCUT2D eigenvalue weighted by molar-refractivity contribution is 0.192.